The van der Waals surface area contributed by atoms with E-state index in [9.17, 15) is 14.7 Å². The highest BCUT2D eigenvalue weighted by atomic mass is 32.2. The summed E-state index contributed by atoms with van der Waals surface area (Å²) in [6.07, 6.45) is 0. The van der Waals surface area contributed by atoms with Gasteiger partial charge in [0.25, 0.3) is 0 Å². The zero-order chi connectivity index (χ0) is 14.7. The number of aromatic nitrogens is 1. The van der Waals surface area contributed by atoms with Crippen LogP contribution in [-0.4, -0.2) is 63.0 Å². The highest BCUT2D eigenvalue weighted by molar-refractivity contribution is 7.99. The van der Waals surface area contributed by atoms with Gasteiger partial charge in [-0.1, -0.05) is 0 Å². The van der Waals surface area contributed by atoms with Crippen LogP contribution in [0.4, 0.5) is 4.79 Å². The number of rotatable bonds is 3. The van der Waals surface area contributed by atoms with E-state index in [0.717, 1.165) is 16.3 Å². The van der Waals surface area contributed by atoms with Crippen molar-refractivity contribution >= 4 is 35.1 Å². The van der Waals surface area contributed by atoms with Gasteiger partial charge in [-0.3, -0.25) is 0 Å². The number of nitrogens with zero attached hydrogens (tertiary/aromatic N) is 3. The van der Waals surface area contributed by atoms with Gasteiger partial charge in [0.15, 0.2) is 0 Å². The second-order valence-electron chi connectivity index (χ2n) is 4.62. The highest BCUT2D eigenvalue weighted by Gasteiger charge is 2.34. The summed E-state index contributed by atoms with van der Waals surface area (Å²) in [5, 5.41) is 9.21. The molecular weight excluding hydrogens is 298 g/mol. The molecule has 1 aromatic rings. The molecule has 20 heavy (non-hydrogen) atoms. The van der Waals surface area contributed by atoms with Gasteiger partial charge in [0, 0.05) is 30.0 Å². The Morgan fingerprint density at radius 3 is 2.95 bits per heavy atom. The average Bonchev–Trinajstić information content (AvgIpc) is 2.83. The molecule has 1 N–H and O–H groups in total. The summed E-state index contributed by atoms with van der Waals surface area (Å²) in [4.78, 5) is 31.8. The van der Waals surface area contributed by atoms with E-state index in [-0.39, 0.29) is 6.03 Å². The van der Waals surface area contributed by atoms with E-state index in [4.69, 9.17) is 0 Å². The molecule has 0 radical (unpaired) electrons. The summed E-state index contributed by atoms with van der Waals surface area (Å²) in [5.74, 6) is 0.296. The predicted octanol–water partition coefficient (Wildman–Crippen LogP) is 1.51. The molecule has 0 spiro atoms. The lowest BCUT2D eigenvalue weighted by Crippen LogP contribution is -2.53. The average molecular weight is 315 g/mol. The Kier molecular flexibility index (Phi) is 4.87. The number of aryl methyl sites for hydroxylation is 1. The molecule has 0 aliphatic carbocycles. The quantitative estimate of drug-likeness (QED) is 0.915. The molecule has 2 rings (SSSR count). The topological polar surface area (TPSA) is 73.7 Å². The Hall–Kier alpha value is -1.28. The number of hydrogen-bond acceptors (Lipinski definition) is 5. The second kappa shape index (κ2) is 6.45. The first-order valence-corrected chi connectivity index (χ1v) is 8.25. The molecule has 8 heteroatoms. The summed E-state index contributed by atoms with van der Waals surface area (Å²) in [5.41, 5.74) is 2.67. The molecule has 1 atom stereocenters. The molecule has 1 unspecified atom stereocenters. The van der Waals surface area contributed by atoms with Crippen LogP contribution in [0.1, 0.15) is 10.6 Å². The van der Waals surface area contributed by atoms with Crippen LogP contribution in [0.3, 0.4) is 0 Å². The molecule has 2 amide bonds. The van der Waals surface area contributed by atoms with Crippen LogP contribution in [0, 0.1) is 6.92 Å². The third-order valence-corrected chi connectivity index (χ3v) is 5.15. The standard InChI is InChI=1S/C12H17N3O3S2/c1-8-10(20-7-13-8)5-14(2)12(18)15-3-4-19-6-9(15)11(16)17/h7,9H,3-6H2,1-2H3,(H,16,17). The molecule has 1 fully saturated rings. The van der Waals surface area contributed by atoms with Crippen LogP contribution in [0.5, 0.6) is 0 Å². The van der Waals surface area contributed by atoms with Crippen molar-refractivity contribution in [2.45, 2.75) is 19.5 Å². The van der Waals surface area contributed by atoms with E-state index in [1.165, 1.54) is 16.2 Å². The Morgan fingerprint density at radius 1 is 1.60 bits per heavy atom. The molecule has 2 heterocycles. The third-order valence-electron chi connectivity index (χ3n) is 3.21. The van der Waals surface area contributed by atoms with E-state index in [2.05, 4.69) is 4.98 Å². The number of thiazole rings is 1. The zero-order valence-corrected chi connectivity index (χ0v) is 13.0. The van der Waals surface area contributed by atoms with Gasteiger partial charge in [-0.05, 0) is 6.92 Å². The van der Waals surface area contributed by atoms with Crippen LogP contribution in [-0.2, 0) is 11.3 Å². The SMILES string of the molecule is Cc1ncsc1CN(C)C(=O)N1CCSCC1C(=O)O. The number of aliphatic carboxylic acids is 1. The molecule has 1 aromatic heterocycles. The third kappa shape index (κ3) is 3.24. The monoisotopic (exact) mass is 315 g/mol. The van der Waals surface area contributed by atoms with Gasteiger partial charge in [0.1, 0.15) is 6.04 Å². The van der Waals surface area contributed by atoms with Crippen LogP contribution < -0.4 is 0 Å². The van der Waals surface area contributed by atoms with E-state index in [1.807, 2.05) is 6.92 Å². The van der Waals surface area contributed by atoms with Gasteiger partial charge < -0.3 is 14.9 Å². The summed E-state index contributed by atoms with van der Waals surface area (Å²) in [7, 11) is 1.70. The number of amides is 2. The first-order valence-electron chi connectivity index (χ1n) is 6.22. The molecule has 0 aromatic carbocycles. The van der Waals surface area contributed by atoms with E-state index in [0.29, 0.717) is 18.8 Å². The van der Waals surface area contributed by atoms with Crippen LogP contribution >= 0.6 is 23.1 Å². The largest absolute Gasteiger partial charge is 0.480 e. The Morgan fingerprint density at radius 2 is 2.35 bits per heavy atom. The van der Waals surface area contributed by atoms with Crippen molar-refractivity contribution in [3.8, 4) is 0 Å². The highest BCUT2D eigenvalue weighted by Crippen LogP contribution is 2.20. The lowest BCUT2D eigenvalue weighted by Gasteiger charge is -2.35. The molecule has 6 nitrogen and oxygen atoms in total. The fourth-order valence-corrected chi connectivity index (χ4v) is 3.89. The van der Waals surface area contributed by atoms with E-state index >= 15 is 0 Å². The second-order valence-corrected chi connectivity index (χ2v) is 6.71. The van der Waals surface area contributed by atoms with Crippen molar-refractivity contribution in [1.29, 1.82) is 0 Å². The molecule has 1 aliphatic rings. The number of thioether (sulfide) groups is 1. The molecule has 1 aliphatic heterocycles. The fourth-order valence-electron chi connectivity index (χ4n) is 2.02. The number of carbonyl (C=O) groups is 2. The zero-order valence-electron chi connectivity index (χ0n) is 11.4. The summed E-state index contributed by atoms with van der Waals surface area (Å²) >= 11 is 3.08. The molecule has 1 saturated heterocycles. The van der Waals surface area contributed by atoms with E-state index in [1.54, 1.807) is 29.2 Å². The number of urea groups is 1. The minimum atomic E-state index is -0.937. The minimum absolute atomic E-state index is 0.231. The molecule has 110 valence electrons. The minimum Gasteiger partial charge on any atom is -0.480 e. The van der Waals surface area contributed by atoms with Crippen molar-refractivity contribution in [1.82, 2.24) is 14.8 Å². The summed E-state index contributed by atoms with van der Waals surface area (Å²) < 4.78 is 0. The van der Waals surface area contributed by atoms with Gasteiger partial charge in [-0.25, -0.2) is 14.6 Å². The summed E-state index contributed by atoms with van der Waals surface area (Å²) in [6.45, 7) is 2.85. The molecular formula is C12H17N3O3S2. The predicted molar refractivity (Wildman–Crippen MR) is 79.2 cm³/mol. The van der Waals surface area contributed by atoms with Gasteiger partial charge >= 0.3 is 12.0 Å². The fraction of sp³-hybridized carbons (Fsp3) is 0.583. The smallest absolute Gasteiger partial charge is 0.327 e. The van der Waals surface area contributed by atoms with Crippen molar-refractivity contribution < 1.29 is 14.7 Å². The van der Waals surface area contributed by atoms with Crippen molar-refractivity contribution in [2.24, 2.45) is 0 Å². The first-order chi connectivity index (χ1) is 9.50. The maximum Gasteiger partial charge on any atom is 0.327 e. The molecule has 0 saturated carbocycles. The van der Waals surface area contributed by atoms with Crippen molar-refractivity contribution in [3.63, 3.8) is 0 Å². The lowest BCUT2D eigenvalue weighted by atomic mass is 10.3. The van der Waals surface area contributed by atoms with Gasteiger partial charge in [0.2, 0.25) is 0 Å². The lowest BCUT2D eigenvalue weighted by molar-refractivity contribution is -0.141. The van der Waals surface area contributed by atoms with Gasteiger partial charge in [-0.2, -0.15) is 11.8 Å². The van der Waals surface area contributed by atoms with E-state index < -0.39 is 12.0 Å². The number of carboxylic acids is 1. The van der Waals surface area contributed by atoms with Crippen LogP contribution in [0.25, 0.3) is 0 Å². The van der Waals surface area contributed by atoms with Gasteiger partial charge in [-0.15, -0.1) is 11.3 Å². The Labute approximate surface area is 125 Å². The van der Waals surface area contributed by atoms with Crippen LogP contribution in [0.2, 0.25) is 0 Å². The number of hydrogen-bond donors (Lipinski definition) is 1. The molecule has 0 bridgehead atoms. The van der Waals surface area contributed by atoms with Gasteiger partial charge in [0.05, 0.1) is 17.7 Å². The first kappa shape index (κ1) is 15.1. The summed E-state index contributed by atoms with van der Waals surface area (Å²) in [6, 6.07) is -0.961. The normalized spacial score (nSPS) is 18.9. The number of carboxylic acid groups (broad SMARTS) is 1. The Bertz CT molecular complexity index is 506. The maximum absolute atomic E-state index is 12.4. The van der Waals surface area contributed by atoms with Crippen LogP contribution in [0.15, 0.2) is 5.51 Å². The Balaban J connectivity index is 2.05. The maximum atomic E-state index is 12.4. The van der Waals surface area contributed by atoms with Crippen molar-refractivity contribution in [3.05, 3.63) is 16.1 Å². The van der Waals surface area contributed by atoms with Crippen molar-refractivity contribution in [2.75, 3.05) is 25.1 Å². The number of carbonyl (C=O) groups excluding carboxylic acids is 1.